The molecule has 2 aromatic heterocycles. The molecule has 8 heteroatoms. The predicted molar refractivity (Wildman–Crippen MR) is 97.9 cm³/mol. The van der Waals surface area contributed by atoms with Crippen molar-refractivity contribution in [3.8, 4) is 5.69 Å². The van der Waals surface area contributed by atoms with Crippen molar-refractivity contribution in [1.82, 2.24) is 20.0 Å². The lowest BCUT2D eigenvalue weighted by Crippen LogP contribution is -2.35. The summed E-state index contributed by atoms with van der Waals surface area (Å²) in [6, 6.07) is 9.43. The summed E-state index contributed by atoms with van der Waals surface area (Å²) in [4.78, 5) is 16.6. The Bertz CT molecular complexity index is 1020. The molecule has 2 aliphatic rings. The lowest BCUT2D eigenvalue weighted by atomic mass is 9.72. The number of hydrogen-bond donors (Lipinski definition) is 1. The quantitative estimate of drug-likeness (QED) is 0.555. The third-order valence-electron chi connectivity index (χ3n) is 5.43. The molecule has 1 saturated carbocycles. The van der Waals surface area contributed by atoms with Crippen LogP contribution in [-0.2, 0) is 16.7 Å². The van der Waals surface area contributed by atoms with Gasteiger partial charge in [-0.05, 0) is 48.0 Å². The molecule has 5 rings (SSSR count). The Balaban J connectivity index is 1.36. The Kier molecular flexibility index (Phi) is 3.70. The van der Waals surface area contributed by atoms with Crippen LogP contribution >= 0.6 is 0 Å². The number of hydrogen-bond acceptors (Lipinski definition) is 6. The maximum atomic E-state index is 12.6. The van der Waals surface area contributed by atoms with Crippen LogP contribution in [0.15, 0.2) is 48.9 Å². The van der Waals surface area contributed by atoms with E-state index in [9.17, 15) is 9.82 Å². The van der Waals surface area contributed by atoms with E-state index in [-0.39, 0.29) is 17.8 Å². The van der Waals surface area contributed by atoms with Gasteiger partial charge in [0.25, 0.3) is 0 Å². The number of ketones is 1. The molecule has 0 radical (unpaired) electrons. The van der Waals surface area contributed by atoms with Crippen molar-refractivity contribution in [3.05, 3.63) is 65.7 Å². The lowest BCUT2D eigenvalue weighted by molar-refractivity contribution is -0.0152. The summed E-state index contributed by atoms with van der Waals surface area (Å²) in [7, 11) is -0.915. The van der Waals surface area contributed by atoms with Crippen molar-refractivity contribution in [2.75, 3.05) is 0 Å². The highest BCUT2D eigenvalue weighted by Crippen LogP contribution is 2.47. The van der Waals surface area contributed by atoms with Crippen molar-refractivity contribution in [1.29, 1.82) is 0 Å². The van der Waals surface area contributed by atoms with Crippen molar-refractivity contribution in [2.24, 2.45) is 0 Å². The lowest BCUT2D eigenvalue weighted by Gasteiger charge is -2.39. The fraction of sp³-hybridized carbons (Fsp3) is 0.263. The normalized spacial score (nSPS) is 17.0. The van der Waals surface area contributed by atoms with Crippen LogP contribution in [0.2, 0.25) is 0 Å². The number of benzene rings is 1. The topological polar surface area (TPSA) is 90.1 Å². The molecule has 1 fully saturated rings. The molecule has 0 saturated heterocycles. The van der Waals surface area contributed by atoms with Gasteiger partial charge in [-0.1, -0.05) is 23.4 Å². The molecule has 3 aromatic rings. The number of rotatable bonds is 4. The maximum Gasteiger partial charge on any atom is 0.492 e. The Morgan fingerprint density at radius 1 is 1.33 bits per heavy atom. The molecule has 1 aliphatic heterocycles. The predicted octanol–water partition coefficient (Wildman–Crippen LogP) is 1.18. The smallest absolute Gasteiger partial charge is 0.423 e. The highest BCUT2D eigenvalue weighted by molar-refractivity contribution is 6.62. The van der Waals surface area contributed by atoms with Crippen LogP contribution in [0.3, 0.4) is 0 Å². The number of aromatic nitrogens is 4. The molecule has 7 nitrogen and oxygen atoms in total. The van der Waals surface area contributed by atoms with Crippen LogP contribution < -0.4 is 5.46 Å². The fourth-order valence-corrected chi connectivity index (χ4v) is 3.85. The number of pyridine rings is 1. The van der Waals surface area contributed by atoms with Gasteiger partial charge in [-0.25, -0.2) is 4.68 Å². The Morgan fingerprint density at radius 3 is 2.96 bits per heavy atom. The minimum atomic E-state index is -0.915. The average molecular weight is 360 g/mol. The van der Waals surface area contributed by atoms with Gasteiger partial charge in [0.15, 0.2) is 5.78 Å². The fourth-order valence-electron chi connectivity index (χ4n) is 3.85. The van der Waals surface area contributed by atoms with Crippen LogP contribution in [0.25, 0.3) is 5.69 Å². The van der Waals surface area contributed by atoms with E-state index in [1.807, 2.05) is 24.3 Å². The zero-order valence-corrected chi connectivity index (χ0v) is 14.6. The SMILES string of the molecule is O=C(Cc1ccc2c(c1)B(O)OC21CCC1)c1cn(-c2cccnc2)nn1. The summed E-state index contributed by atoms with van der Waals surface area (Å²) in [6.45, 7) is 0. The van der Waals surface area contributed by atoms with E-state index in [2.05, 4.69) is 15.3 Å². The van der Waals surface area contributed by atoms with E-state index in [0.29, 0.717) is 5.69 Å². The number of nitrogens with zero attached hydrogens (tertiary/aromatic N) is 4. The Morgan fingerprint density at radius 2 is 2.22 bits per heavy atom. The first kappa shape index (κ1) is 16.3. The third-order valence-corrected chi connectivity index (χ3v) is 5.43. The van der Waals surface area contributed by atoms with Crippen LogP contribution in [0.1, 0.15) is 40.9 Å². The van der Waals surface area contributed by atoms with Crippen molar-refractivity contribution in [2.45, 2.75) is 31.3 Å². The van der Waals surface area contributed by atoms with Gasteiger partial charge in [-0.2, -0.15) is 0 Å². The van der Waals surface area contributed by atoms with E-state index in [0.717, 1.165) is 41.5 Å². The van der Waals surface area contributed by atoms with Crippen molar-refractivity contribution in [3.63, 3.8) is 0 Å². The molecule has 0 bridgehead atoms. The monoisotopic (exact) mass is 360 g/mol. The molecule has 0 unspecified atom stereocenters. The summed E-state index contributed by atoms with van der Waals surface area (Å²) in [5.41, 5.74) is 3.39. The highest BCUT2D eigenvalue weighted by Gasteiger charge is 2.50. The van der Waals surface area contributed by atoms with Gasteiger partial charge in [0.05, 0.1) is 23.7 Å². The standard InChI is InChI=1S/C19H17BN4O3/c25-18(17-12-24(23-22-17)14-3-1-8-21-11-14)10-13-4-5-15-16(9-13)20(26)27-19(15)6-2-7-19/h1,3-5,8-9,11-12,26H,2,6-7,10H2. The summed E-state index contributed by atoms with van der Waals surface area (Å²) >= 11 is 0. The first-order valence-corrected chi connectivity index (χ1v) is 9.00. The number of carbonyl (C=O) groups is 1. The van der Waals surface area contributed by atoms with E-state index in [4.69, 9.17) is 4.65 Å². The minimum Gasteiger partial charge on any atom is -0.423 e. The van der Waals surface area contributed by atoms with Gasteiger partial charge < -0.3 is 9.68 Å². The van der Waals surface area contributed by atoms with Gasteiger partial charge in [0, 0.05) is 12.6 Å². The van der Waals surface area contributed by atoms with E-state index < -0.39 is 7.12 Å². The molecule has 1 aliphatic carbocycles. The molecule has 27 heavy (non-hydrogen) atoms. The minimum absolute atomic E-state index is 0.128. The average Bonchev–Trinajstić information content (AvgIpc) is 3.26. The van der Waals surface area contributed by atoms with Gasteiger partial charge >= 0.3 is 7.12 Å². The summed E-state index contributed by atoms with van der Waals surface area (Å²) in [5.74, 6) is -0.128. The second kappa shape index (κ2) is 6.11. The molecule has 1 spiro atoms. The van der Waals surface area contributed by atoms with E-state index >= 15 is 0 Å². The number of Topliss-reactive ketones (excluding diaryl/α,β-unsaturated/α-hetero) is 1. The maximum absolute atomic E-state index is 12.6. The highest BCUT2D eigenvalue weighted by atomic mass is 16.5. The number of carbonyl (C=O) groups excluding carboxylic acids is 1. The van der Waals surface area contributed by atoms with Crippen LogP contribution in [0, 0.1) is 0 Å². The molecule has 134 valence electrons. The van der Waals surface area contributed by atoms with E-state index in [1.165, 1.54) is 4.68 Å². The second-order valence-corrected chi connectivity index (χ2v) is 7.10. The van der Waals surface area contributed by atoms with Crippen LogP contribution in [-0.4, -0.2) is 37.9 Å². The third kappa shape index (κ3) is 2.69. The molecule has 3 heterocycles. The Labute approximate surface area is 156 Å². The Hall–Kier alpha value is -2.84. The summed E-state index contributed by atoms with van der Waals surface area (Å²) in [5, 5.41) is 18.2. The largest absolute Gasteiger partial charge is 0.492 e. The molecule has 0 atom stereocenters. The van der Waals surface area contributed by atoms with Gasteiger partial charge in [-0.15, -0.1) is 5.10 Å². The van der Waals surface area contributed by atoms with Gasteiger partial charge in [-0.3, -0.25) is 9.78 Å². The zero-order valence-electron chi connectivity index (χ0n) is 14.6. The van der Waals surface area contributed by atoms with Gasteiger partial charge in [0.1, 0.15) is 5.69 Å². The summed E-state index contributed by atoms with van der Waals surface area (Å²) in [6.07, 6.45) is 8.11. The molecule has 1 N–H and O–H groups in total. The van der Waals surface area contributed by atoms with Gasteiger partial charge in [0.2, 0.25) is 0 Å². The zero-order chi connectivity index (χ0) is 18.4. The molecular formula is C19H17BN4O3. The number of fused-ring (bicyclic) bond motifs is 2. The van der Waals surface area contributed by atoms with Crippen LogP contribution in [0.5, 0.6) is 0 Å². The molecule has 0 amide bonds. The first-order valence-electron chi connectivity index (χ1n) is 9.00. The molecule has 1 aromatic carbocycles. The van der Waals surface area contributed by atoms with Crippen LogP contribution in [0.4, 0.5) is 0 Å². The van der Waals surface area contributed by atoms with E-state index in [1.54, 1.807) is 24.7 Å². The molecular weight excluding hydrogens is 343 g/mol. The van der Waals surface area contributed by atoms with Crippen molar-refractivity contribution < 1.29 is 14.5 Å². The second-order valence-electron chi connectivity index (χ2n) is 7.10. The summed E-state index contributed by atoms with van der Waals surface area (Å²) < 4.78 is 7.32. The van der Waals surface area contributed by atoms with Crippen molar-refractivity contribution >= 4 is 18.4 Å². The first-order chi connectivity index (χ1) is 13.1.